The van der Waals surface area contributed by atoms with E-state index in [0.29, 0.717) is 6.54 Å². The molecule has 0 aliphatic heterocycles. The maximum atomic E-state index is 9.98. The fourth-order valence-electron chi connectivity index (χ4n) is 2.38. The maximum Gasteiger partial charge on any atom is 0.148 e. The Balaban J connectivity index is 1.98. The van der Waals surface area contributed by atoms with Crippen molar-refractivity contribution in [1.29, 1.82) is 0 Å². The lowest BCUT2D eigenvalue weighted by atomic mass is 9.91. The van der Waals surface area contributed by atoms with E-state index in [1.807, 2.05) is 7.05 Å². The normalized spacial score (nSPS) is 25.2. The second-order valence-electron chi connectivity index (χ2n) is 4.53. The molecule has 0 saturated heterocycles. The summed E-state index contributed by atoms with van der Waals surface area (Å²) in [5, 5.41) is 14.8. The molecule has 1 saturated carbocycles. The molecule has 7 heteroatoms. The SMILES string of the molecule is CN(Cc1nnsc1NN)C1CCCCC1O. The third-order valence-corrected chi connectivity index (χ3v) is 4.05. The van der Waals surface area contributed by atoms with Crippen LogP contribution in [0.3, 0.4) is 0 Å². The zero-order chi connectivity index (χ0) is 12.3. The second-order valence-corrected chi connectivity index (χ2v) is 5.28. The molecule has 1 fully saturated rings. The molecule has 1 aliphatic carbocycles. The molecule has 0 spiro atoms. The van der Waals surface area contributed by atoms with Gasteiger partial charge in [-0.3, -0.25) is 4.90 Å². The van der Waals surface area contributed by atoms with Crippen molar-refractivity contribution in [3.8, 4) is 0 Å². The van der Waals surface area contributed by atoms with Crippen molar-refractivity contribution in [3.63, 3.8) is 0 Å². The summed E-state index contributed by atoms with van der Waals surface area (Å²) < 4.78 is 3.87. The molecule has 2 unspecified atom stereocenters. The smallest absolute Gasteiger partial charge is 0.148 e. The molecule has 6 nitrogen and oxygen atoms in total. The zero-order valence-corrected chi connectivity index (χ0v) is 10.8. The number of rotatable bonds is 4. The largest absolute Gasteiger partial charge is 0.391 e. The summed E-state index contributed by atoms with van der Waals surface area (Å²) >= 11 is 1.25. The van der Waals surface area contributed by atoms with Crippen molar-refractivity contribution in [3.05, 3.63) is 5.69 Å². The van der Waals surface area contributed by atoms with E-state index in [2.05, 4.69) is 19.9 Å². The Bertz CT molecular complexity index is 358. The van der Waals surface area contributed by atoms with Gasteiger partial charge in [0, 0.05) is 24.1 Å². The fraction of sp³-hybridized carbons (Fsp3) is 0.800. The van der Waals surface area contributed by atoms with Crippen molar-refractivity contribution < 1.29 is 5.11 Å². The highest BCUT2D eigenvalue weighted by atomic mass is 32.1. The number of nitrogens with two attached hydrogens (primary N) is 1. The van der Waals surface area contributed by atoms with Gasteiger partial charge in [0.2, 0.25) is 0 Å². The van der Waals surface area contributed by atoms with Gasteiger partial charge in [0.05, 0.1) is 6.10 Å². The van der Waals surface area contributed by atoms with Gasteiger partial charge in [0.15, 0.2) is 0 Å². The average Bonchev–Trinajstić information content (AvgIpc) is 2.76. The Kier molecular flexibility index (Phi) is 4.27. The lowest BCUT2D eigenvalue weighted by Gasteiger charge is -2.34. The number of hydrogen-bond acceptors (Lipinski definition) is 7. The maximum absolute atomic E-state index is 9.98. The number of aliphatic hydroxyl groups is 1. The topological polar surface area (TPSA) is 87.3 Å². The molecule has 2 atom stereocenters. The van der Waals surface area contributed by atoms with Crippen molar-refractivity contribution in [2.75, 3.05) is 12.5 Å². The van der Waals surface area contributed by atoms with Crippen molar-refractivity contribution in [1.82, 2.24) is 14.5 Å². The van der Waals surface area contributed by atoms with Crippen molar-refractivity contribution in [2.45, 2.75) is 44.4 Å². The van der Waals surface area contributed by atoms with Crippen LogP contribution in [0.15, 0.2) is 0 Å². The number of nitrogen functional groups attached to an aromatic ring is 1. The van der Waals surface area contributed by atoms with Crippen LogP contribution in [0.5, 0.6) is 0 Å². The third kappa shape index (κ3) is 2.92. The van der Waals surface area contributed by atoms with Crippen molar-refractivity contribution >= 4 is 16.5 Å². The van der Waals surface area contributed by atoms with Crippen LogP contribution in [0.1, 0.15) is 31.4 Å². The molecule has 0 aromatic carbocycles. The number of aliphatic hydroxyl groups excluding tert-OH is 1. The van der Waals surface area contributed by atoms with Crippen LogP contribution in [-0.2, 0) is 6.54 Å². The number of likely N-dealkylation sites (N-methyl/N-ethyl adjacent to an activating group) is 1. The zero-order valence-electron chi connectivity index (χ0n) is 9.96. The fourth-order valence-corrected chi connectivity index (χ4v) is 2.87. The minimum absolute atomic E-state index is 0.219. The molecular formula is C10H19N5OS. The number of hydrogen-bond donors (Lipinski definition) is 3. The lowest BCUT2D eigenvalue weighted by Crippen LogP contribution is -2.43. The molecular weight excluding hydrogens is 238 g/mol. The van der Waals surface area contributed by atoms with Gasteiger partial charge < -0.3 is 10.5 Å². The summed E-state index contributed by atoms with van der Waals surface area (Å²) in [6.45, 7) is 0.664. The molecule has 0 radical (unpaired) electrons. The van der Waals surface area contributed by atoms with Crippen LogP contribution in [-0.4, -0.2) is 38.8 Å². The number of nitrogens with one attached hydrogen (secondary N) is 1. The quantitative estimate of drug-likeness (QED) is 0.539. The summed E-state index contributed by atoms with van der Waals surface area (Å²) in [6, 6.07) is 0.219. The molecule has 0 amide bonds. The van der Waals surface area contributed by atoms with Gasteiger partial charge in [-0.1, -0.05) is 17.3 Å². The van der Waals surface area contributed by atoms with E-state index in [9.17, 15) is 5.11 Å². The Morgan fingerprint density at radius 1 is 1.53 bits per heavy atom. The minimum atomic E-state index is -0.227. The monoisotopic (exact) mass is 257 g/mol. The minimum Gasteiger partial charge on any atom is -0.391 e. The molecule has 1 aliphatic rings. The average molecular weight is 257 g/mol. The van der Waals surface area contributed by atoms with E-state index >= 15 is 0 Å². The first-order valence-electron chi connectivity index (χ1n) is 5.88. The van der Waals surface area contributed by atoms with Crippen LogP contribution in [0.4, 0.5) is 5.00 Å². The molecule has 1 aromatic heterocycles. The van der Waals surface area contributed by atoms with E-state index in [0.717, 1.165) is 30.0 Å². The molecule has 2 rings (SSSR count). The van der Waals surface area contributed by atoms with Crippen LogP contribution >= 0.6 is 11.5 Å². The highest BCUT2D eigenvalue weighted by Crippen LogP contribution is 2.25. The van der Waals surface area contributed by atoms with Gasteiger partial charge in [-0.05, 0) is 19.9 Å². The lowest BCUT2D eigenvalue weighted by molar-refractivity contribution is 0.0284. The Morgan fingerprint density at radius 3 is 3.00 bits per heavy atom. The van der Waals surface area contributed by atoms with Gasteiger partial charge in [-0.15, -0.1) is 5.10 Å². The predicted octanol–water partition coefficient (Wildman–Crippen LogP) is 0.559. The molecule has 1 heterocycles. The summed E-state index contributed by atoms with van der Waals surface area (Å²) in [4.78, 5) is 2.14. The Morgan fingerprint density at radius 2 is 2.29 bits per heavy atom. The molecule has 0 bridgehead atoms. The van der Waals surface area contributed by atoms with Crippen LogP contribution in [0.25, 0.3) is 0 Å². The van der Waals surface area contributed by atoms with E-state index in [-0.39, 0.29) is 12.1 Å². The number of hydrazine groups is 1. The van der Waals surface area contributed by atoms with Gasteiger partial charge in [0.25, 0.3) is 0 Å². The number of nitrogens with zero attached hydrogens (tertiary/aromatic N) is 3. The molecule has 4 N–H and O–H groups in total. The van der Waals surface area contributed by atoms with Gasteiger partial charge in [-0.2, -0.15) is 0 Å². The van der Waals surface area contributed by atoms with Crippen LogP contribution in [0.2, 0.25) is 0 Å². The third-order valence-electron chi connectivity index (χ3n) is 3.35. The standard InChI is InChI=1S/C10H19N5OS/c1-15(8-4-2-3-5-9(8)16)6-7-10(12-11)17-14-13-7/h8-9,12,16H,2-6,11H2,1H3. The summed E-state index contributed by atoms with van der Waals surface area (Å²) in [5.74, 6) is 5.39. The summed E-state index contributed by atoms with van der Waals surface area (Å²) in [7, 11) is 2.01. The van der Waals surface area contributed by atoms with E-state index < -0.39 is 0 Å². The van der Waals surface area contributed by atoms with E-state index in [1.165, 1.54) is 18.0 Å². The Labute approximate surface area is 105 Å². The van der Waals surface area contributed by atoms with Gasteiger partial charge in [-0.25, -0.2) is 5.84 Å². The van der Waals surface area contributed by atoms with Crippen LogP contribution < -0.4 is 11.3 Å². The first kappa shape index (κ1) is 12.7. The highest BCUT2D eigenvalue weighted by Gasteiger charge is 2.27. The second kappa shape index (κ2) is 5.72. The predicted molar refractivity (Wildman–Crippen MR) is 67.4 cm³/mol. The Hall–Kier alpha value is -0.760. The first-order valence-corrected chi connectivity index (χ1v) is 6.66. The number of aromatic nitrogens is 2. The van der Waals surface area contributed by atoms with Crippen molar-refractivity contribution in [2.24, 2.45) is 5.84 Å². The number of anilines is 1. The van der Waals surface area contributed by atoms with E-state index in [4.69, 9.17) is 5.84 Å². The van der Waals surface area contributed by atoms with E-state index in [1.54, 1.807) is 0 Å². The molecule has 96 valence electrons. The van der Waals surface area contributed by atoms with Gasteiger partial charge >= 0.3 is 0 Å². The van der Waals surface area contributed by atoms with Gasteiger partial charge in [0.1, 0.15) is 10.7 Å². The summed E-state index contributed by atoms with van der Waals surface area (Å²) in [5.41, 5.74) is 3.44. The first-order chi connectivity index (χ1) is 8.22. The molecule has 1 aromatic rings. The highest BCUT2D eigenvalue weighted by molar-refractivity contribution is 7.10. The molecule has 17 heavy (non-hydrogen) atoms. The van der Waals surface area contributed by atoms with Crippen LogP contribution in [0, 0.1) is 0 Å². The summed E-state index contributed by atoms with van der Waals surface area (Å²) in [6.07, 6.45) is 4.02.